The van der Waals surface area contributed by atoms with E-state index in [1.54, 1.807) is 11.1 Å². The van der Waals surface area contributed by atoms with Gasteiger partial charge in [0, 0.05) is 6.04 Å². The van der Waals surface area contributed by atoms with E-state index in [0.717, 1.165) is 0 Å². The third kappa shape index (κ3) is 1.41. The predicted octanol–water partition coefficient (Wildman–Crippen LogP) is 3.06. The van der Waals surface area contributed by atoms with Gasteiger partial charge in [0.2, 0.25) is 0 Å². The fourth-order valence-corrected chi connectivity index (χ4v) is 3.35. The number of hydrogen-bond acceptors (Lipinski definition) is 1. The number of piperidine rings is 1. The normalized spacial score (nSPS) is 34.3. The molecular weight excluding hydrogens is 182 g/mol. The van der Waals surface area contributed by atoms with Crippen LogP contribution >= 0.6 is 0 Å². The first-order chi connectivity index (χ1) is 7.30. The number of fused-ring (bicyclic) bond motifs is 3. The second kappa shape index (κ2) is 3.34. The zero-order valence-corrected chi connectivity index (χ0v) is 9.42. The van der Waals surface area contributed by atoms with Gasteiger partial charge < -0.3 is 5.32 Å². The highest BCUT2D eigenvalue weighted by molar-refractivity contribution is 5.34. The first-order valence-electron chi connectivity index (χ1n) is 6.11. The Kier molecular flexibility index (Phi) is 2.10. The molecule has 1 nitrogen and oxygen atoms in total. The Morgan fingerprint density at radius 1 is 1.27 bits per heavy atom. The monoisotopic (exact) mass is 201 g/mol. The van der Waals surface area contributed by atoms with E-state index >= 15 is 0 Å². The average molecular weight is 201 g/mol. The maximum atomic E-state index is 3.72. The Labute approximate surface area is 91.9 Å². The molecule has 1 N–H and O–H groups in total. The summed E-state index contributed by atoms with van der Waals surface area (Å²) in [6.45, 7) is 3.65. The average Bonchev–Trinajstić information content (AvgIpc) is 2.28. The van der Waals surface area contributed by atoms with E-state index in [1.165, 1.54) is 32.2 Å². The molecule has 1 fully saturated rings. The molecule has 1 aromatic rings. The van der Waals surface area contributed by atoms with Crippen LogP contribution in [-0.2, 0) is 6.42 Å². The molecule has 1 aliphatic carbocycles. The van der Waals surface area contributed by atoms with Crippen LogP contribution in [0.5, 0.6) is 0 Å². The van der Waals surface area contributed by atoms with Crippen LogP contribution in [0.25, 0.3) is 0 Å². The quantitative estimate of drug-likeness (QED) is 0.680. The molecule has 0 bridgehead atoms. The molecule has 0 radical (unpaired) electrons. The lowest BCUT2D eigenvalue weighted by Gasteiger charge is -2.46. The minimum absolute atomic E-state index is 0.507. The lowest BCUT2D eigenvalue weighted by molar-refractivity contribution is 0.132. The summed E-state index contributed by atoms with van der Waals surface area (Å²) >= 11 is 0. The van der Waals surface area contributed by atoms with Crippen LogP contribution in [0.1, 0.15) is 43.4 Å². The molecule has 1 heteroatoms. The van der Waals surface area contributed by atoms with Gasteiger partial charge in [0.25, 0.3) is 0 Å². The second-order valence-corrected chi connectivity index (χ2v) is 5.34. The van der Waals surface area contributed by atoms with Gasteiger partial charge in [-0.2, -0.15) is 0 Å². The van der Waals surface area contributed by atoms with E-state index in [0.29, 0.717) is 11.5 Å². The molecule has 0 saturated carbocycles. The smallest absolute Gasteiger partial charge is 0.0377 e. The van der Waals surface area contributed by atoms with Gasteiger partial charge in [0.05, 0.1) is 0 Å². The number of aryl methyl sites for hydroxylation is 1. The van der Waals surface area contributed by atoms with Crippen LogP contribution in [0.4, 0.5) is 0 Å². The van der Waals surface area contributed by atoms with Crippen LogP contribution in [-0.4, -0.2) is 6.54 Å². The summed E-state index contributed by atoms with van der Waals surface area (Å²) in [5, 5.41) is 3.72. The maximum absolute atomic E-state index is 3.72. The van der Waals surface area contributed by atoms with Gasteiger partial charge in [-0.05, 0) is 48.8 Å². The lowest BCUT2D eigenvalue weighted by atomic mass is 9.65. The van der Waals surface area contributed by atoms with Crippen molar-refractivity contribution in [3.63, 3.8) is 0 Å². The number of rotatable bonds is 0. The van der Waals surface area contributed by atoms with Crippen molar-refractivity contribution in [2.45, 2.75) is 38.6 Å². The van der Waals surface area contributed by atoms with Gasteiger partial charge in [0.1, 0.15) is 0 Å². The van der Waals surface area contributed by atoms with Crippen LogP contribution in [0, 0.1) is 5.41 Å². The number of hydrogen-bond donors (Lipinski definition) is 1. The van der Waals surface area contributed by atoms with Crippen molar-refractivity contribution >= 4 is 0 Å². The summed E-state index contributed by atoms with van der Waals surface area (Å²) in [5.41, 5.74) is 3.63. The molecule has 2 aliphatic rings. The Balaban J connectivity index is 2.05. The summed E-state index contributed by atoms with van der Waals surface area (Å²) in [7, 11) is 0. The van der Waals surface area contributed by atoms with Gasteiger partial charge in [0.15, 0.2) is 0 Å². The molecule has 0 unspecified atom stereocenters. The van der Waals surface area contributed by atoms with Crippen molar-refractivity contribution in [2.75, 3.05) is 6.54 Å². The minimum atomic E-state index is 0.507. The SMILES string of the molecule is C[C@]12CCCN[C@H]1c1ccccc1CC2. The number of nitrogens with one attached hydrogen (secondary N) is 1. The molecular formula is C14H19N. The summed E-state index contributed by atoms with van der Waals surface area (Å²) < 4.78 is 0. The van der Waals surface area contributed by atoms with Crippen molar-refractivity contribution in [2.24, 2.45) is 5.41 Å². The van der Waals surface area contributed by atoms with Crippen LogP contribution in [0.15, 0.2) is 24.3 Å². The zero-order valence-electron chi connectivity index (χ0n) is 9.42. The highest BCUT2D eigenvalue weighted by atomic mass is 15.0. The van der Waals surface area contributed by atoms with Gasteiger partial charge in [-0.25, -0.2) is 0 Å². The van der Waals surface area contributed by atoms with Gasteiger partial charge >= 0.3 is 0 Å². The van der Waals surface area contributed by atoms with E-state index in [-0.39, 0.29) is 0 Å². The van der Waals surface area contributed by atoms with Gasteiger partial charge in [-0.15, -0.1) is 0 Å². The molecule has 0 amide bonds. The molecule has 1 aliphatic heterocycles. The first kappa shape index (κ1) is 9.41. The maximum Gasteiger partial charge on any atom is 0.0377 e. The van der Waals surface area contributed by atoms with Crippen LogP contribution in [0.2, 0.25) is 0 Å². The molecule has 1 aromatic carbocycles. The van der Waals surface area contributed by atoms with E-state index < -0.39 is 0 Å². The van der Waals surface area contributed by atoms with Gasteiger partial charge in [-0.1, -0.05) is 31.2 Å². The van der Waals surface area contributed by atoms with Crippen molar-refractivity contribution in [1.82, 2.24) is 5.32 Å². The summed E-state index contributed by atoms with van der Waals surface area (Å²) in [5.74, 6) is 0. The van der Waals surface area contributed by atoms with Crippen LogP contribution < -0.4 is 5.32 Å². The van der Waals surface area contributed by atoms with E-state index in [1.807, 2.05) is 0 Å². The van der Waals surface area contributed by atoms with Crippen LogP contribution in [0.3, 0.4) is 0 Å². The molecule has 2 atom stereocenters. The van der Waals surface area contributed by atoms with Gasteiger partial charge in [-0.3, -0.25) is 0 Å². The Hall–Kier alpha value is -0.820. The first-order valence-corrected chi connectivity index (χ1v) is 6.11. The summed E-state index contributed by atoms with van der Waals surface area (Å²) in [4.78, 5) is 0. The van der Waals surface area contributed by atoms with Crippen molar-refractivity contribution < 1.29 is 0 Å². The molecule has 0 aromatic heterocycles. The van der Waals surface area contributed by atoms with Crippen molar-refractivity contribution in [3.05, 3.63) is 35.4 Å². The fraction of sp³-hybridized carbons (Fsp3) is 0.571. The standard InChI is InChI=1S/C14H19N/c1-14-8-4-10-15-13(14)12-6-3-2-5-11(12)7-9-14/h2-3,5-6,13,15H,4,7-10H2,1H3/t13-,14+/m0/s1. The van der Waals surface area contributed by atoms with Crippen molar-refractivity contribution in [1.29, 1.82) is 0 Å². The lowest BCUT2D eigenvalue weighted by Crippen LogP contribution is -2.44. The molecule has 80 valence electrons. The summed E-state index contributed by atoms with van der Waals surface area (Å²) in [6.07, 6.45) is 5.35. The number of benzene rings is 1. The molecule has 15 heavy (non-hydrogen) atoms. The second-order valence-electron chi connectivity index (χ2n) is 5.34. The predicted molar refractivity (Wildman–Crippen MR) is 62.8 cm³/mol. The summed E-state index contributed by atoms with van der Waals surface area (Å²) in [6, 6.07) is 9.57. The van der Waals surface area contributed by atoms with E-state index in [2.05, 4.69) is 36.5 Å². The molecule has 1 heterocycles. The third-order valence-corrected chi connectivity index (χ3v) is 4.30. The Morgan fingerprint density at radius 3 is 3.07 bits per heavy atom. The molecule has 1 saturated heterocycles. The topological polar surface area (TPSA) is 12.0 Å². The Morgan fingerprint density at radius 2 is 2.13 bits per heavy atom. The van der Waals surface area contributed by atoms with E-state index in [9.17, 15) is 0 Å². The highest BCUT2D eigenvalue weighted by Crippen LogP contribution is 2.48. The molecule has 3 rings (SSSR count). The Bertz CT molecular complexity index is 371. The largest absolute Gasteiger partial charge is 0.309 e. The zero-order chi connectivity index (χ0) is 10.3. The molecule has 0 spiro atoms. The van der Waals surface area contributed by atoms with Crippen molar-refractivity contribution in [3.8, 4) is 0 Å². The van der Waals surface area contributed by atoms with E-state index in [4.69, 9.17) is 0 Å². The third-order valence-electron chi connectivity index (χ3n) is 4.30. The highest BCUT2D eigenvalue weighted by Gasteiger charge is 2.40. The minimum Gasteiger partial charge on any atom is -0.309 e. The fourth-order valence-electron chi connectivity index (χ4n) is 3.35.